The Balaban J connectivity index is 1.93. The lowest BCUT2D eigenvalue weighted by Crippen LogP contribution is -2.38. The van der Waals surface area contributed by atoms with Gasteiger partial charge in [0.15, 0.2) is 5.96 Å². The smallest absolute Gasteiger partial charge is 0.191 e. The van der Waals surface area contributed by atoms with Crippen molar-refractivity contribution in [1.29, 1.82) is 0 Å². The van der Waals surface area contributed by atoms with Gasteiger partial charge in [-0.15, -0.1) is 0 Å². The lowest BCUT2D eigenvalue weighted by Gasteiger charge is -2.13. The molecule has 1 heterocycles. The molecule has 0 spiro atoms. The van der Waals surface area contributed by atoms with Crippen molar-refractivity contribution >= 4 is 5.96 Å². The van der Waals surface area contributed by atoms with Gasteiger partial charge in [0.1, 0.15) is 12.4 Å². The fourth-order valence-electron chi connectivity index (χ4n) is 2.15. The third-order valence-electron chi connectivity index (χ3n) is 3.30. The lowest BCUT2D eigenvalue weighted by molar-refractivity contribution is 0.359. The Bertz CT molecular complexity index is 637. The van der Waals surface area contributed by atoms with Crippen LogP contribution in [0.15, 0.2) is 60.6 Å². The highest BCUT2D eigenvalue weighted by atomic mass is 16.5. The number of hydrogen-bond donors (Lipinski definition) is 2. The highest BCUT2D eigenvalue weighted by molar-refractivity contribution is 5.79. The van der Waals surface area contributed by atoms with Gasteiger partial charge in [0.05, 0.1) is 12.9 Å². The van der Waals surface area contributed by atoms with Crippen LogP contribution in [-0.2, 0) is 13.1 Å². The van der Waals surface area contributed by atoms with Crippen LogP contribution in [-0.4, -0.2) is 35.2 Å². The molecule has 0 fully saturated rings. The summed E-state index contributed by atoms with van der Waals surface area (Å²) in [5, 5.41) is 6.58. The van der Waals surface area contributed by atoms with E-state index in [-0.39, 0.29) is 0 Å². The molecule has 128 valence electrons. The molecule has 0 atom stereocenters. The van der Waals surface area contributed by atoms with Crippen molar-refractivity contribution in [2.45, 2.75) is 20.0 Å². The van der Waals surface area contributed by atoms with Crippen LogP contribution in [0, 0.1) is 0 Å². The monoisotopic (exact) mass is 327 g/mol. The number of hydrogen-bond acceptors (Lipinski definition) is 3. The number of benzene rings is 1. The Hall–Kier alpha value is -2.76. The molecule has 1 aromatic heterocycles. The Morgan fingerprint density at radius 3 is 3.00 bits per heavy atom. The molecule has 0 aliphatic heterocycles. The first-order chi connectivity index (χ1) is 11.8. The predicted molar refractivity (Wildman–Crippen MR) is 97.2 cm³/mol. The van der Waals surface area contributed by atoms with Gasteiger partial charge >= 0.3 is 0 Å². The maximum absolute atomic E-state index is 5.67. The van der Waals surface area contributed by atoms with Crippen molar-refractivity contribution in [2.75, 3.05) is 19.7 Å². The first-order valence-corrected chi connectivity index (χ1v) is 8.13. The van der Waals surface area contributed by atoms with Gasteiger partial charge in [-0.1, -0.05) is 30.9 Å². The van der Waals surface area contributed by atoms with E-state index in [2.05, 4.69) is 27.2 Å². The Kier molecular flexibility index (Phi) is 7.40. The Labute approximate surface area is 143 Å². The normalized spacial score (nSPS) is 11.1. The molecule has 0 amide bonds. The van der Waals surface area contributed by atoms with Crippen LogP contribution in [0.1, 0.15) is 12.5 Å². The minimum Gasteiger partial charge on any atom is -0.489 e. The SMILES string of the molecule is C=CCOc1ccccc1CN=C(NCC)NCCn1ccnc1. The van der Waals surface area contributed by atoms with Crippen LogP contribution in [0.25, 0.3) is 0 Å². The molecule has 2 rings (SSSR count). The molecule has 0 bridgehead atoms. The molecular formula is C18H25N5O. The molecule has 0 aliphatic rings. The third kappa shape index (κ3) is 5.79. The van der Waals surface area contributed by atoms with Gasteiger partial charge in [-0.3, -0.25) is 0 Å². The second kappa shape index (κ2) is 10.1. The van der Waals surface area contributed by atoms with Gasteiger partial charge in [-0.05, 0) is 13.0 Å². The molecule has 2 N–H and O–H groups in total. The van der Waals surface area contributed by atoms with Gasteiger partial charge in [-0.25, -0.2) is 9.98 Å². The number of imidazole rings is 1. The summed E-state index contributed by atoms with van der Waals surface area (Å²) in [4.78, 5) is 8.67. The van der Waals surface area contributed by atoms with Crippen LogP contribution in [0.2, 0.25) is 0 Å². The van der Waals surface area contributed by atoms with Crippen LogP contribution < -0.4 is 15.4 Å². The summed E-state index contributed by atoms with van der Waals surface area (Å²) in [5.41, 5.74) is 1.05. The quantitative estimate of drug-likeness (QED) is 0.421. The fourth-order valence-corrected chi connectivity index (χ4v) is 2.15. The lowest BCUT2D eigenvalue weighted by atomic mass is 10.2. The summed E-state index contributed by atoms with van der Waals surface area (Å²) >= 11 is 0. The zero-order valence-electron chi connectivity index (χ0n) is 14.1. The largest absolute Gasteiger partial charge is 0.489 e. The van der Waals surface area contributed by atoms with E-state index in [4.69, 9.17) is 4.74 Å². The van der Waals surface area contributed by atoms with Gasteiger partial charge in [0.25, 0.3) is 0 Å². The number of guanidine groups is 1. The molecule has 0 saturated heterocycles. The molecular weight excluding hydrogens is 302 g/mol. The summed E-state index contributed by atoms with van der Waals surface area (Å²) in [6.45, 7) is 9.19. The summed E-state index contributed by atoms with van der Waals surface area (Å²) < 4.78 is 7.69. The van der Waals surface area contributed by atoms with E-state index in [1.807, 2.05) is 42.0 Å². The molecule has 0 saturated carbocycles. The van der Waals surface area contributed by atoms with Crippen LogP contribution >= 0.6 is 0 Å². The van der Waals surface area contributed by atoms with E-state index in [9.17, 15) is 0 Å². The van der Waals surface area contributed by atoms with Crippen molar-refractivity contribution in [1.82, 2.24) is 20.2 Å². The summed E-state index contributed by atoms with van der Waals surface area (Å²) in [6.07, 6.45) is 7.26. The van der Waals surface area contributed by atoms with Crippen molar-refractivity contribution in [3.8, 4) is 5.75 Å². The van der Waals surface area contributed by atoms with E-state index in [1.165, 1.54) is 0 Å². The van der Waals surface area contributed by atoms with Gasteiger partial charge in [-0.2, -0.15) is 0 Å². The fraction of sp³-hybridized carbons (Fsp3) is 0.333. The van der Waals surface area contributed by atoms with Crippen molar-refractivity contribution in [2.24, 2.45) is 4.99 Å². The standard InChI is InChI=1S/C18H25N5O/c1-3-13-24-17-8-6-5-7-16(17)14-22-18(20-4-2)21-10-12-23-11-9-19-15-23/h3,5-9,11,15H,1,4,10,12-14H2,2H3,(H2,20,21,22). The molecule has 0 unspecified atom stereocenters. The number of nitrogens with zero attached hydrogens (tertiary/aromatic N) is 3. The topological polar surface area (TPSA) is 63.5 Å². The van der Waals surface area contributed by atoms with Gasteiger partial charge in [0.2, 0.25) is 0 Å². The van der Waals surface area contributed by atoms with E-state index in [1.54, 1.807) is 18.6 Å². The first kappa shape index (κ1) is 17.6. The number of ether oxygens (including phenoxy) is 1. The third-order valence-corrected chi connectivity index (χ3v) is 3.30. The number of aliphatic imine (C=N–C) groups is 1. The second-order valence-corrected chi connectivity index (χ2v) is 5.13. The minimum absolute atomic E-state index is 0.490. The predicted octanol–water partition coefficient (Wildman–Crippen LogP) is 2.20. The van der Waals surface area contributed by atoms with Crippen LogP contribution in [0.3, 0.4) is 0 Å². The highest BCUT2D eigenvalue weighted by Gasteiger charge is 2.03. The number of nitrogens with one attached hydrogen (secondary N) is 2. The molecule has 24 heavy (non-hydrogen) atoms. The van der Waals surface area contributed by atoms with Crippen molar-refractivity contribution in [3.05, 3.63) is 61.2 Å². The van der Waals surface area contributed by atoms with Gasteiger partial charge < -0.3 is 19.9 Å². The summed E-state index contributed by atoms with van der Waals surface area (Å²) in [6, 6.07) is 7.93. The molecule has 0 aliphatic carbocycles. The average molecular weight is 327 g/mol. The van der Waals surface area contributed by atoms with Crippen molar-refractivity contribution in [3.63, 3.8) is 0 Å². The zero-order chi connectivity index (χ0) is 17.0. The summed E-state index contributed by atoms with van der Waals surface area (Å²) in [5.74, 6) is 1.63. The first-order valence-electron chi connectivity index (χ1n) is 8.13. The molecule has 6 nitrogen and oxygen atoms in total. The maximum Gasteiger partial charge on any atom is 0.191 e. The van der Waals surface area contributed by atoms with E-state index < -0.39 is 0 Å². The molecule has 2 aromatic rings. The van der Waals surface area contributed by atoms with E-state index >= 15 is 0 Å². The van der Waals surface area contributed by atoms with E-state index in [0.29, 0.717) is 13.2 Å². The van der Waals surface area contributed by atoms with E-state index in [0.717, 1.165) is 36.9 Å². The average Bonchev–Trinajstić information content (AvgIpc) is 3.12. The maximum atomic E-state index is 5.67. The molecule has 6 heteroatoms. The minimum atomic E-state index is 0.490. The Morgan fingerprint density at radius 2 is 2.25 bits per heavy atom. The second-order valence-electron chi connectivity index (χ2n) is 5.13. The van der Waals surface area contributed by atoms with Crippen LogP contribution in [0.4, 0.5) is 0 Å². The van der Waals surface area contributed by atoms with Crippen molar-refractivity contribution < 1.29 is 4.74 Å². The number of aromatic nitrogens is 2. The zero-order valence-corrected chi connectivity index (χ0v) is 14.1. The number of para-hydroxylation sites is 1. The Morgan fingerprint density at radius 1 is 1.38 bits per heavy atom. The number of rotatable bonds is 9. The summed E-state index contributed by atoms with van der Waals surface area (Å²) in [7, 11) is 0. The molecule has 1 aromatic carbocycles. The van der Waals surface area contributed by atoms with Crippen LogP contribution in [0.5, 0.6) is 5.75 Å². The van der Waals surface area contributed by atoms with Gasteiger partial charge in [0, 0.05) is 37.6 Å². The molecule has 0 radical (unpaired) electrons. The highest BCUT2D eigenvalue weighted by Crippen LogP contribution is 2.18.